The van der Waals surface area contributed by atoms with E-state index < -0.39 is 0 Å². The molecule has 0 spiro atoms. The molecule has 0 unspecified atom stereocenters. The molecule has 2 aliphatic rings. The molecule has 0 N–H and O–H groups in total. The first-order valence-corrected chi connectivity index (χ1v) is 10.8. The van der Waals surface area contributed by atoms with E-state index in [-0.39, 0.29) is 5.54 Å². The Balaban J connectivity index is 1.42. The Bertz CT molecular complexity index is 1160. The molecule has 0 bridgehead atoms. The third kappa shape index (κ3) is 3.65. The number of hydrogen-bond acceptors (Lipinski definition) is 7. The summed E-state index contributed by atoms with van der Waals surface area (Å²) in [6, 6.07) is 24.8. The molecule has 0 aromatic heterocycles. The first kappa shape index (κ1) is 20.3. The first-order chi connectivity index (χ1) is 15.4. The molecule has 0 atom stereocenters. The number of para-hydroxylation sites is 1. The quantitative estimate of drug-likeness (QED) is 0.530. The first-order valence-electron chi connectivity index (χ1n) is 10.8. The van der Waals surface area contributed by atoms with Crippen LogP contribution in [-0.2, 0) is 5.54 Å². The number of benzene rings is 3. The van der Waals surface area contributed by atoms with E-state index in [1.165, 1.54) is 11.3 Å². The second-order valence-electron chi connectivity index (χ2n) is 8.82. The minimum atomic E-state index is -0.0252. The van der Waals surface area contributed by atoms with Gasteiger partial charge in [-0.25, -0.2) is 5.01 Å². The van der Waals surface area contributed by atoms with Gasteiger partial charge in [-0.2, -0.15) is 0 Å². The molecule has 3 aromatic carbocycles. The van der Waals surface area contributed by atoms with Crippen molar-refractivity contribution < 1.29 is 4.74 Å². The molecule has 164 valence electrons. The van der Waals surface area contributed by atoms with Crippen LogP contribution in [0, 0.1) is 0 Å². The predicted molar refractivity (Wildman–Crippen MR) is 127 cm³/mol. The van der Waals surface area contributed by atoms with Crippen LogP contribution in [0.25, 0.3) is 0 Å². The molecule has 3 aromatic rings. The van der Waals surface area contributed by atoms with E-state index in [0.717, 1.165) is 29.5 Å². The number of nitrogens with zero attached hydrogens (tertiary/aromatic N) is 6. The number of rotatable bonds is 4. The van der Waals surface area contributed by atoms with Crippen LogP contribution >= 0.6 is 0 Å². The van der Waals surface area contributed by atoms with Crippen LogP contribution in [0.1, 0.15) is 19.4 Å². The number of ether oxygens (including phenoxy) is 1. The highest BCUT2D eigenvalue weighted by Gasteiger charge is 2.35. The van der Waals surface area contributed by atoms with Crippen LogP contribution in [0.4, 0.5) is 17.1 Å². The van der Waals surface area contributed by atoms with Gasteiger partial charge in [0.05, 0.1) is 12.4 Å². The lowest BCUT2D eigenvalue weighted by atomic mass is 9.88. The van der Waals surface area contributed by atoms with Gasteiger partial charge in [-0.1, -0.05) is 35.6 Å². The van der Waals surface area contributed by atoms with Gasteiger partial charge in [0.1, 0.15) is 18.2 Å². The summed E-state index contributed by atoms with van der Waals surface area (Å²) in [4.78, 5) is 4.71. The van der Waals surface area contributed by atoms with Crippen molar-refractivity contribution in [2.24, 2.45) is 10.4 Å². The Hall–Kier alpha value is -3.58. The summed E-state index contributed by atoms with van der Waals surface area (Å²) in [6.45, 7) is 5.97. The van der Waals surface area contributed by atoms with Crippen LogP contribution in [-0.4, -0.2) is 37.3 Å². The Labute approximate surface area is 189 Å². The molecule has 2 heterocycles. The SMILES string of the molecule is CN1CN(c2cccc(Oc3cccc(N4CN(C)C(C)(C)c5ccccc54)c3)c2)N=N1. The molecule has 32 heavy (non-hydrogen) atoms. The summed E-state index contributed by atoms with van der Waals surface area (Å²) in [6.07, 6.45) is 0. The highest BCUT2D eigenvalue weighted by molar-refractivity contribution is 5.70. The van der Waals surface area contributed by atoms with Crippen molar-refractivity contribution in [2.75, 3.05) is 37.3 Å². The monoisotopic (exact) mass is 428 g/mol. The van der Waals surface area contributed by atoms with Crippen LogP contribution in [0.2, 0.25) is 0 Å². The second-order valence-corrected chi connectivity index (χ2v) is 8.82. The van der Waals surface area contributed by atoms with Gasteiger partial charge in [-0.05, 0) is 62.0 Å². The fraction of sp³-hybridized carbons (Fsp3) is 0.280. The highest BCUT2D eigenvalue weighted by atomic mass is 16.5. The Morgan fingerprint density at radius 3 is 2.19 bits per heavy atom. The van der Waals surface area contributed by atoms with Crippen molar-refractivity contribution in [1.29, 1.82) is 0 Å². The summed E-state index contributed by atoms with van der Waals surface area (Å²) in [5.74, 6) is 1.56. The lowest BCUT2D eigenvalue weighted by Crippen LogP contribution is -2.49. The summed E-state index contributed by atoms with van der Waals surface area (Å²) in [5.41, 5.74) is 4.57. The third-order valence-electron chi connectivity index (χ3n) is 6.28. The molecule has 0 aliphatic carbocycles. The lowest BCUT2D eigenvalue weighted by Gasteiger charge is -2.47. The van der Waals surface area contributed by atoms with Crippen LogP contribution in [0.3, 0.4) is 0 Å². The zero-order valence-corrected chi connectivity index (χ0v) is 18.9. The van der Waals surface area contributed by atoms with Gasteiger partial charge >= 0.3 is 0 Å². The van der Waals surface area contributed by atoms with Crippen LogP contribution in [0.15, 0.2) is 83.2 Å². The van der Waals surface area contributed by atoms with E-state index in [1.807, 2.05) is 48.5 Å². The maximum Gasteiger partial charge on any atom is 0.132 e. The minimum Gasteiger partial charge on any atom is -0.457 e. The molecule has 0 saturated carbocycles. The summed E-state index contributed by atoms with van der Waals surface area (Å²) < 4.78 is 6.24. The molecule has 0 amide bonds. The van der Waals surface area contributed by atoms with Gasteiger partial charge in [0.15, 0.2) is 0 Å². The maximum atomic E-state index is 6.24. The van der Waals surface area contributed by atoms with E-state index in [4.69, 9.17) is 4.74 Å². The van der Waals surface area contributed by atoms with Crippen molar-refractivity contribution in [2.45, 2.75) is 19.4 Å². The van der Waals surface area contributed by atoms with Gasteiger partial charge in [0, 0.05) is 36.1 Å². The molecule has 0 radical (unpaired) electrons. The fourth-order valence-electron chi connectivity index (χ4n) is 4.18. The van der Waals surface area contributed by atoms with Gasteiger partial charge in [-0.15, -0.1) is 0 Å². The lowest BCUT2D eigenvalue weighted by molar-refractivity contribution is 0.150. The van der Waals surface area contributed by atoms with Gasteiger partial charge in [0.25, 0.3) is 0 Å². The van der Waals surface area contributed by atoms with E-state index in [1.54, 1.807) is 5.01 Å². The summed E-state index contributed by atoms with van der Waals surface area (Å²) in [5, 5.41) is 11.8. The molecular weight excluding hydrogens is 400 g/mol. The molecule has 0 fully saturated rings. The predicted octanol–water partition coefficient (Wildman–Crippen LogP) is 5.75. The Morgan fingerprint density at radius 1 is 0.781 bits per heavy atom. The van der Waals surface area contributed by atoms with E-state index >= 15 is 0 Å². The van der Waals surface area contributed by atoms with Gasteiger partial charge in [-0.3, -0.25) is 9.91 Å². The molecule has 7 heteroatoms. The standard InChI is InChI=1S/C25H28N6O/c1-25(2)23-13-5-6-14-24(23)30(17-28(25)3)19-9-7-11-21(15-19)32-22-12-8-10-20(16-22)31-18-29(4)26-27-31/h5-16H,17-18H2,1-4H3. The van der Waals surface area contributed by atoms with Crippen molar-refractivity contribution in [3.63, 3.8) is 0 Å². The van der Waals surface area contributed by atoms with E-state index in [2.05, 4.69) is 77.5 Å². The minimum absolute atomic E-state index is 0.0252. The van der Waals surface area contributed by atoms with Crippen LogP contribution in [0.5, 0.6) is 11.5 Å². The zero-order chi connectivity index (χ0) is 22.3. The normalized spacial score (nSPS) is 17.6. The number of fused-ring (bicyclic) bond motifs is 1. The van der Waals surface area contributed by atoms with Gasteiger partial charge < -0.3 is 9.64 Å². The smallest absolute Gasteiger partial charge is 0.132 e. The summed E-state index contributed by atoms with van der Waals surface area (Å²) >= 11 is 0. The van der Waals surface area contributed by atoms with Gasteiger partial charge in [0.2, 0.25) is 0 Å². The fourth-order valence-corrected chi connectivity index (χ4v) is 4.18. The van der Waals surface area contributed by atoms with Crippen molar-refractivity contribution in [3.8, 4) is 11.5 Å². The number of hydrogen-bond donors (Lipinski definition) is 0. The van der Waals surface area contributed by atoms with Crippen molar-refractivity contribution >= 4 is 17.1 Å². The maximum absolute atomic E-state index is 6.24. The molecule has 5 rings (SSSR count). The van der Waals surface area contributed by atoms with E-state index in [9.17, 15) is 0 Å². The van der Waals surface area contributed by atoms with Crippen LogP contribution < -0.4 is 14.6 Å². The second kappa shape index (κ2) is 7.84. The largest absolute Gasteiger partial charge is 0.457 e. The molecule has 2 aliphatic heterocycles. The average molecular weight is 429 g/mol. The Morgan fingerprint density at radius 2 is 1.47 bits per heavy atom. The van der Waals surface area contributed by atoms with Crippen molar-refractivity contribution in [3.05, 3.63) is 78.4 Å². The Kier molecular flexibility index (Phi) is 4.98. The summed E-state index contributed by atoms with van der Waals surface area (Å²) in [7, 11) is 4.06. The van der Waals surface area contributed by atoms with Crippen molar-refractivity contribution in [1.82, 2.24) is 9.91 Å². The zero-order valence-electron chi connectivity index (χ0n) is 18.9. The number of anilines is 3. The third-order valence-corrected chi connectivity index (χ3v) is 6.28. The average Bonchev–Trinajstić information content (AvgIpc) is 3.23. The molecule has 7 nitrogen and oxygen atoms in total. The molecular formula is C25H28N6O. The molecule has 0 saturated heterocycles. The van der Waals surface area contributed by atoms with E-state index in [0.29, 0.717) is 6.67 Å². The topological polar surface area (TPSA) is 46.9 Å². The highest BCUT2D eigenvalue weighted by Crippen LogP contribution is 2.42.